The molecule has 1 fully saturated rings. The molecule has 1 saturated heterocycles. The zero-order valence-corrected chi connectivity index (χ0v) is 12.1. The van der Waals surface area contributed by atoms with Crippen LogP contribution in [0.3, 0.4) is 0 Å². The maximum Gasteiger partial charge on any atom is 0.251 e. The van der Waals surface area contributed by atoms with Crippen molar-refractivity contribution in [2.24, 2.45) is 0 Å². The molecule has 0 aliphatic carbocycles. The molecule has 0 aromatic heterocycles. The smallest absolute Gasteiger partial charge is 0.251 e. The number of ether oxygens (including phenoxy) is 2. The quantitative estimate of drug-likeness (QED) is 0.851. The van der Waals surface area contributed by atoms with Gasteiger partial charge in [0.2, 0.25) is 0 Å². The normalized spacial score (nSPS) is 21.3. The van der Waals surface area contributed by atoms with E-state index < -0.39 is 6.29 Å². The standard InChI is InChI=1S/C17H18N2O3/c18-14-8-6-13(7-9-14)17-21-10-15(11-22-17)19-16(20)12-4-2-1-3-5-12/h1-9,15,17H,10-11,18H2,(H,19,20). The minimum atomic E-state index is -0.412. The summed E-state index contributed by atoms with van der Waals surface area (Å²) in [5.74, 6) is -0.122. The van der Waals surface area contributed by atoms with Gasteiger partial charge in [0.25, 0.3) is 5.91 Å². The lowest BCUT2D eigenvalue weighted by Gasteiger charge is -2.30. The van der Waals surface area contributed by atoms with Crippen molar-refractivity contribution in [3.63, 3.8) is 0 Å². The monoisotopic (exact) mass is 298 g/mol. The van der Waals surface area contributed by atoms with Crippen molar-refractivity contribution < 1.29 is 14.3 Å². The van der Waals surface area contributed by atoms with Crippen LogP contribution in [-0.2, 0) is 9.47 Å². The van der Waals surface area contributed by atoms with Crippen molar-refractivity contribution in [2.45, 2.75) is 12.3 Å². The van der Waals surface area contributed by atoms with Crippen LogP contribution < -0.4 is 11.1 Å². The molecule has 0 unspecified atom stereocenters. The number of nitrogens with one attached hydrogen (secondary N) is 1. The third-order valence-corrected chi connectivity index (χ3v) is 3.48. The number of amides is 1. The number of carbonyl (C=O) groups is 1. The van der Waals surface area contributed by atoms with Crippen molar-refractivity contribution in [2.75, 3.05) is 18.9 Å². The Bertz CT molecular complexity index is 620. The average Bonchev–Trinajstić information content (AvgIpc) is 2.57. The van der Waals surface area contributed by atoms with E-state index in [0.717, 1.165) is 5.56 Å². The van der Waals surface area contributed by atoms with Gasteiger partial charge >= 0.3 is 0 Å². The van der Waals surface area contributed by atoms with Crippen molar-refractivity contribution in [3.8, 4) is 0 Å². The average molecular weight is 298 g/mol. The fourth-order valence-corrected chi connectivity index (χ4v) is 2.29. The van der Waals surface area contributed by atoms with Crippen LogP contribution in [0.15, 0.2) is 54.6 Å². The third kappa shape index (κ3) is 3.44. The lowest BCUT2D eigenvalue weighted by Crippen LogP contribution is -2.45. The summed E-state index contributed by atoms with van der Waals surface area (Å²) in [4.78, 5) is 12.1. The highest BCUT2D eigenvalue weighted by Gasteiger charge is 2.24. The van der Waals surface area contributed by atoms with Crippen LogP contribution in [0.4, 0.5) is 5.69 Å². The predicted molar refractivity (Wildman–Crippen MR) is 83.2 cm³/mol. The van der Waals surface area contributed by atoms with E-state index in [1.54, 1.807) is 12.1 Å². The molecule has 5 heteroatoms. The van der Waals surface area contributed by atoms with E-state index in [4.69, 9.17) is 15.2 Å². The number of rotatable bonds is 3. The Morgan fingerprint density at radius 1 is 1.00 bits per heavy atom. The lowest BCUT2D eigenvalue weighted by molar-refractivity contribution is -0.192. The van der Waals surface area contributed by atoms with Crippen LogP contribution in [0.1, 0.15) is 22.2 Å². The first kappa shape index (κ1) is 14.6. The van der Waals surface area contributed by atoms with E-state index in [-0.39, 0.29) is 11.9 Å². The highest BCUT2D eigenvalue weighted by molar-refractivity contribution is 5.94. The Labute approximate surface area is 129 Å². The molecule has 0 bridgehead atoms. The number of carbonyl (C=O) groups excluding carboxylic acids is 1. The van der Waals surface area contributed by atoms with Gasteiger partial charge in [-0.05, 0) is 24.3 Å². The van der Waals surface area contributed by atoms with E-state index in [2.05, 4.69) is 5.32 Å². The second kappa shape index (κ2) is 6.60. The molecule has 3 N–H and O–H groups in total. The Morgan fingerprint density at radius 2 is 1.64 bits per heavy atom. The van der Waals surface area contributed by atoms with Gasteiger partial charge in [-0.3, -0.25) is 4.79 Å². The Kier molecular flexibility index (Phi) is 4.37. The number of hydrogen-bond acceptors (Lipinski definition) is 4. The molecule has 0 atom stereocenters. The first-order valence-electron chi connectivity index (χ1n) is 7.17. The van der Waals surface area contributed by atoms with Gasteiger partial charge in [-0.2, -0.15) is 0 Å². The van der Waals surface area contributed by atoms with E-state index in [0.29, 0.717) is 24.5 Å². The Hall–Kier alpha value is -2.37. The van der Waals surface area contributed by atoms with Gasteiger partial charge in [0, 0.05) is 16.8 Å². The maximum absolute atomic E-state index is 12.1. The first-order chi connectivity index (χ1) is 10.7. The fraction of sp³-hybridized carbons (Fsp3) is 0.235. The zero-order valence-electron chi connectivity index (χ0n) is 12.1. The lowest BCUT2D eigenvalue weighted by atomic mass is 10.1. The van der Waals surface area contributed by atoms with Crippen LogP contribution in [0.5, 0.6) is 0 Å². The topological polar surface area (TPSA) is 73.6 Å². The van der Waals surface area contributed by atoms with Gasteiger partial charge in [0.05, 0.1) is 19.3 Å². The molecular formula is C17H18N2O3. The maximum atomic E-state index is 12.1. The highest BCUT2D eigenvalue weighted by atomic mass is 16.7. The number of nitrogen functional groups attached to an aromatic ring is 1. The molecule has 0 spiro atoms. The molecule has 1 aliphatic heterocycles. The molecule has 22 heavy (non-hydrogen) atoms. The van der Waals surface area contributed by atoms with Crippen molar-refractivity contribution in [1.29, 1.82) is 0 Å². The molecular weight excluding hydrogens is 280 g/mol. The Morgan fingerprint density at radius 3 is 2.27 bits per heavy atom. The highest BCUT2D eigenvalue weighted by Crippen LogP contribution is 2.23. The van der Waals surface area contributed by atoms with Crippen LogP contribution >= 0.6 is 0 Å². The van der Waals surface area contributed by atoms with Gasteiger partial charge in [-0.25, -0.2) is 0 Å². The molecule has 0 radical (unpaired) electrons. The molecule has 1 heterocycles. The molecule has 0 saturated carbocycles. The van der Waals surface area contributed by atoms with Crippen molar-refractivity contribution in [3.05, 3.63) is 65.7 Å². The van der Waals surface area contributed by atoms with E-state index >= 15 is 0 Å². The molecule has 1 aliphatic rings. The minimum absolute atomic E-state index is 0.122. The first-order valence-corrected chi connectivity index (χ1v) is 7.17. The predicted octanol–water partition coefficient (Wildman–Crippen LogP) is 2.11. The summed E-state index contributed by atoms with van der Waals surface area (Å²) in [5, 5.41) is 2.91. The summed E-state index contributed by atoms with van der Waals surface area (Å²) in [6.45, 7) is 0.821. The van der Waals surface area contributed by atoms with Crippen LogP contribution in [0, 0.1) is 0 Å². The van der Waals surface area contributed by atoms with Crippen molar-refractivity contribution in [1.82, 2.24) is 5.32 Å². The van der Waals surface area contributed by atoms with Gasteiger partial charge in [0.1, 0.15) is 0 Å². The summed E-state index contributed by atoms with van der Waals surface area (Å²) < 4.78 is 11.4. The minimum Gasteiger partial charge on any atom is -0.399 e. The molecule has 114 valence electrons. The van der Waals surface area contributed by atoms with Gasteiger partial charge < -0.3 is 20.5 Å². The van der Waals surface area contributed by atoms with Crippen molar-refractivity contribution >= 4 is 11.6 Å². The number of benzene rings is 2. The molecule has 3 rings (SSSR count). The van der Waals surface area contributed by atoms with Crippen LogP contribution in [-0.4, -0.2) is 25.2 Å². The number of hydrogen-bond donors (Lipinski definition) is 2. The molecule has 2 aromatic rings. The summed E-state index contributed by atoms with van der Waals surface area (Å²) in [6.07, 6.45) is -0.412. The van der Waals surface area contributed by atoms with Crippen LogP contribution in [0.2, 0.25) is 0 Å². The summed E-state index contributed by atoms with van der Waals surface area (Å²) in [7, 11) is 0. The second-order valence-corrected chi connectivity index (χ2v) is 5.20. The number of anilines is 1. The van der Waals surface area contributed by atoms with Gasteiger partial charge in [0.15, 0.2) is 6.29 Å². The van der Waals surface area contributed by atoms with E-state index in [1.807, 2.05) is 42.5 Å². The molecule has 1 amide bonds. The van der Waals surface area contributed by atoms with Crippen LogP contribution in [0.25, 0.3) is 0 Å². The second-order valence-electron chi connectivity index (χ2n) is 5.20. The number of nitrogens with two attached hydrogens (primary N) is 1. The summed E-state index contributed by atoms with van der Waals surface area (Å²) in [5.41, 5.74) is 7.91. The Balaban J connectivity index is 1.53. The summed E-state index contributed by atoms with van der Waals surface area (Å²) in [6, 6.07) is 16.3. The van der Waals surface area contributed by atoms with E-state index in [1.165, 1.54) is 0 Å². The van der Waals surface area contributed by atoms with Gasteiger partial charge in [-0.15, -0.1) is 0 Å². The summed E-state index contributed by atoms with van der Waals surface area (Å²) >= 11 is 0. The third-order valence-electron chi connectivity index (χ3n) is 3.48. The van der Waals surface area contributed by atoms with Gasteiger partial charge in [-0.1, -0.05) is 30.3 Å². The fourth-order valence-electron chi connectivity index (χ4n) is 2.29. The largest absolute Gasteiger partial charge is 0.399 e. The molecule has 2 aromatic carbocycles. The SMILES string of the molecule is Nc1ccc(C2OCC(NC(=O)c3ccccc3)CO2)cc1. The molecule has 5 nitrogen and oxygen atoms in total. The zero-order chi connectivity index (χ0) is 15.4. The van der Waals surface area contributed by atoms with E-state index in [9.17, 15) is 4.79 Å².